The molecule has 0 radical (unpaired) electrons. The normalized spacial score (nSPS) is 13.8. The van der Waals surface area contributed by atoms with E-state index in [4.69, 9.17) is 9.47 Å². The van der Waals surface area contributed by atoms with Crippen LogP contribution in [0.15, 0.2) is 47.3 Å². The summed E-state index contributed by atoms with van der Waals surface area (Å²) in [6.45, 7) is 1.92. The van der Waals surface area contributed by atoms with Crippen LogP contribution in [-0.2, 0) is 11.3 Å². The molecule has 0 spiro atoms. The van der Waals surface area contributed by atoms with Gasteiger partial charge in [-0.3, -0.25) is 9.59 Å². The molecule has 0 saturated carbocycles. The lowest BCUT2D eigenvalue weighted by atomic mass is 10.1. The Kier molecular flexibility index (Phi) is 6.58. The molecule has 1 amide bonds. The average molecular weight is 437 g/mol. The summed E-state index contributed by atoms with van der Waals surface area (Å²) in [6.07, 6.45) is 3.43. The molecule has 1 saturated heterocycles. The van der Waals surface area contributed by atoms with E-state index in [9.17, 15) is 9.59 Å². The van der Waals surface area contributed by atoms with E-state index in [1.54, 1.807) is 29.9 Å². The number of benzene rings is 2. The van der Waals surface area contributed by atoms with Gasteiger partial charge in [-0.15, -0.1) is 0 Å². The molecule has 1 aliphatic rings. The Bertz CT molecular complexity index is 1170. The van der Waals surface area contributed by atoms with Crippen LogP contribution >= 0.6 is 0 Å². The van der Waals surface area contributed by atoms with Gasteiger partial charge in [-0.05, 0) is 43.5 Å². The Morgan fingerprint density at radius 1 is 1.06 bits per heavy atom. The Morgan fingerprint density at radius 2 is 1.84 bits per heavy atom. The van der Waals surface area contributed by atoms with Gasteiger partial charge >= 0.3 is 0 Å². The van der Waals surface area contributed by atoms with E-state index in [-0.39, 0.29) is 24.4 Å². The smallest absolute Gasteiger partial charge is 0.294 e. The zero-order valence-electron chi connectivity index (χ0n) is 18.5. The first-order chi connectivity index (χ1) is 15.6. The number of aromatic nitrogens is 2. The molecule has 32 heavy (non-hydrogen) atoms. The predicted octanol–water partition coefficient (Wildman–Crippen LogP) is 3.43. The number of amides is 1. The van der Waals surface area contributed by atoms with Crippen molar-refractivity contribution in [2.45, 2.75) is 32.2 Å². The monoisotopic (exact) mass is 436 g/mol. The van der Waals surface area contributed by atoms with Crippen LogP contribution in [-0.4, -0.2) is 42.8 Å². The predicted molar refractivity (Wildman–Crippen MR) is 125 cm³/mol. The number of carbonyl (C=O) groups excluding carboxylic acids is 1. The third-order valence-corrected chi connectivity index (χ3v) is 5.74. The van der Waals surface area contributed by atoms with E-state index in [1.165, 1.54) is 13.5 Å². The van der Waals surface area contributed by atoms with Crippen molar-refractivity contribution in [3.63, 3.8) is 0 Å². The van der Waals surface area contributed by atoms with Crippen molar-refractivity contribution in [3.05, 3.63) is 52.8 Å². The molecule has 1 aromatic heterocycles. The van der Waals surface area contributed by atoms with Gasteiger partial charge in [-0.25, -0.2) is 4.98 Å². The Balaban J connectivity index is 1.57. The van der Waals surface area contributed by atoms with Crippen molar-refractivity contribution in [1.82, 2.24) is 9.55 Å². The van der Waals surface area contributed by atoms with Gasteiger partial charge < -0.3 is 24.3 Å². The van der Waals surface area contributed by atoms with Crippen LogP contribution in [0.25, 0.3) is 11.0 Å². The fourth-order valence-corrected chi connectivity index (χ4v) is 4.04. The van der Waals surface area contributed by atoms with Gasteiger partial charge in [0.15, 0.2) is 5.82 Å². The minimum Gasteiger partial charge on any atom is -0.497 e. The molecule has 8 heteroatoms. The molecule has 2 heterocycles. The van der Waals surface area contributed by atoms with Gasteiger partial charge in [0.2, 0.25) is 5.91 Å². The van der Waals surface area contributed by atoms with E-state index in [1.807, 2.05) is 24.3 Å². The second-order valence-electron chi connectivity index (χ2n) is 7.79. The molecule has 0 unspecified atom stereocenters. The van der Waals surface area contributed by atoms with Gasteiger partial charge in [-0.2, -0.15) is 0 Å². The van der Waals surface area contributed by atoms with Crippen LogP contribution in [0.4, 0.5) is 11.5 Å². The number of methoxy groups -OCH3 is 2. The first-order valence-corrected chi connectivity index (χ1v) is 10.9. The van der Waals surface area contributed by atoms with Crippen molar-refractivity contribution in [2.24, 2.45) is 0 Å². The molecule has 168 valence electrons. The summed E-state index contributed by atoms with van der Waals surface area (Å²) in [5.41, 5.74) is 1.89. The standard InChI is InChI=1S/C24H28N4O4/c1-31-17-10-11-19(21(16-17)32-2)25-22(29)12-15-28-20-9-5-4-8-18(20)26-23(24(28)30)27-13-6-3-7-14-27/h4-5,8-11,16H,3,6-7,12-15H2,1-2H3,(H,25,29). The zero-order chi connectivity index (χ0) is 22.5. The molecular weight excluding hydrogens is 408 g/mol. The highest BCUT2D eigenvalue weighted by atomic mass is 16.5. The van der Waals surface area contributed by atoms with Crippen LogP contribution in [0.5, 0.6) is 11.5 Å². The second kappa shape index (κ2) is 9.72. The first-order valence-electron chi connectivity index (χ1n) is 10.9. The summed E-state index contributed by atoms with van der Waals surface area (Å²) in [4.78, 5) is 32.7. The molecule has 0 aliphatic carbocycles. The average Bonchev–Trinajstić information content (AvgIpc) is 2.84. The van der Waals surface area contributed by atoms with Crippen LogP contribution in [0.3, 0.4) is 0 Å². The summed E-state index contributed by atoms with van der Waals surface area (Å²) in [7, 11) is 3.11. The Labute approximate surface area is 186 Å². The van der Waals surface area contributed by atoms with Crippen molar-refractivity contribution in [3.8, 4) is 11.5 Å². The SMILES string of the molecule is COc1ccc(NC(=O)CCn2c(=O)c(N3CCCCC3)nc3ccccc32)c(OC)c1. The minimum atomic E-state index is -0.208. The lowest BCUT2D eigenvalue weighted by molar-refractivity contribution is -0.116. The Hall–Kier alpha value is -3.55. The summed E-state index contributed by atoms with van der Waals surface area (Å²) in [5.74, 6) is 1.41. The molecule has 0 atom stereocenters. The van der Waals surface area contributed by atoms with Crippen LogP contribution in [0.1, 0.15) is 25.7 Å². The third kappa shape index (κ3) is 4.54. The van der Waals surface area contributed by atoms with Crippen LogP contribution < -0.4 is 25.2 Å². The maximum Gasteiger partial charge on any atom is 0.294 e. The maximum absolute atomic E-state index is 13.3. The molecule has 1 aliphatic heterocycles. The van der Waals surface area contributed by atoms with Gasteiger partial charge in [0.1, 0.15) is 11.5 Å². The minimum absolute atomic E-state index is 0.141. The number of aryl methyl sites for hydroxylation is 1. The number of rotatable bonds is 7. The van der Waals surface area contributed by atoms with Crippen molar-refractivity contribution >= 4 is 28.4 Å². The summed E-state index contributed by atoms with van der Waals surface area (Å²) in [6, 6.07) is 12.8. The van der Waals surface area contributed by atoms with E-state index in [2.05, 4.69) is 15.2 Å². The molecule has 2 aromatic carbocycles. The highest BCUT2D eigenvalue weighted by Crippen LogP contribution is 2.29. The van der Waals surface area contributed by atoms with Gasteiger partial charge in [0.05, 0.1) is 30.9 Å². The van der Waals surface area contributed by atoms with Gasteiger partial charge in [0, 0.05) is 32.1 Å². The fourth-order valence-electron chi connectivity index (χ4n) is 4.04. The van der Waals surface area contributed by atoms with Gasteiger partial charge in [0.25, 0.3) is 5.56 Å². The first kappa shape index (κ1) is 21.7. The largest absolute Gasteiger partial charge is 0.497 e. The lowest BCUT2D eigenvalue weighted by Crippen LogP contribution is -2.37. The molecule has 4 rings (SSSR count). The van der Waals surface area contributed by atoms with E-state index in [0.717, 1.165) is 37.0 Å². The third-order valence-electron chi connectivity index (χ3n) is 5.74. The molecule has 0 bridgehead atoms. The van der Waals surface area contributed by atoms with Crippen molar-refractivity contribution in [1.29, 1.82) is 0 Å². The molecule has 1 N–H and O–H groups in total. The molecule has 8 nitrogen and oxygen atoms in total. The van der Waals surface area contributed by atoms with E-state index >= 15 is 0 Å². The zero-order valence-corrected chi connectivity index (χ0v) is 18.5. The number of nitrogens with zero attached hydrogens (tertiary/aromatic N) is 3. The highest BCUT2D eigenvalue weighted by Gasteiger charge is 2.19. The number of ether oxygens (including phenoxy) is 2. The van der Waals surface area contributed by atoms with Crippen LogP contribution in [0.2, 0.25) is 0 Å². The van der Waals surface area contributed by atoms with E-state index in [0.29, 0.717) is 23.0 Å². The number of carbonyl (C=O) groups is 1. The number of fused-ring (bicyclic) bond motifs is 1. The van der Waals surface area contributed by atoms with Crippen LogP contribution in [0, 0.1) is 0 Å². The molecule has 3 aromatic rings. The summed E-state index contributed by atoms with van der Waals surface area (Å²) < 4.78 is 12.2. The van der Waals surface area contributed by atoms with E-state index < -0.39 is 0 Å². The topological polar surface area (TPSA) is 85.7 Å². The molecule has 1 fully saturated rings. The number of hydrogen-bond acceptors (Lipinski definition) is 6. The Morgan fingerprint density at radius 3 is 2.59 bits per heavy atom. The fraction of sp³-hybridized carbons (Fsp3) is 0.375. The summed E-state index contributed by atoms with van der Waals surface area (Å²) in [5, 5.41) is 2.87. The highest BCUT2D eigenvalue weighted by molar-refractivity contribution is 5.92. The van der Waals surface area contributed by atoms with Crippen molar-refractivity contribution < 1.29 is 14.3 Å². The van der Waals surface area contributed by atoms with Crippen molar-refractivity contribution in [2.75, 3.05) is 37.5 Å². The number of hydrogen-bond donors (Lipinski definition) is 1. The number of piperidine rings is 1. The molecular formula is C24H28N4O4. The lowest BCUT2D eigenvalue weighted by Gasteiger charge is -2.27. The number of para-hydroxylation sites is 2. The summed E-state index contributed by atoms with van der Waals surface area (Å²) >= 11 is 0. The quantitative estimate of drug-likeness (QED) is 0.611. The second-order valence-corrected chi connectivity index (χ2v) is 7.79. The maximum atomic E-state index is 13.3. The van der Waals surface area contributed by atoms with Gasteiger partial charge in [-0.1, -0.05) is 12.1 Å². The number of anilines is 2. The number of nitrogens with one attached hydrogen (secondary N) is 1.